The van der Waals surface area contributed by atoms with Crippen LogP contribution in [0.2, 0.25) is 5.02 Å². The summed E-state index contributed by atoms with van der Waals surface area (Å²) in [5.41, 5.74) is 2.76. The van der Waals surface area contributed by atoms with E-state index in [1.165, 1.54) is 6.33 Å². The maximum atomic E-state index is 6.74. The number of hydrogen-bond donors (Lipinski definition) is 1. The second-order valence-electron chi connectivity index (χ2n) is 9.49. The normalized spacial score (nSPS) is 14.4. The standard InChI is InChI=1S/C31H29ClN4O5/c1-37-26-17-23-25(18-27(26)39-13-5-10-36-11-14-38-15-12-36)33-19-34-31(23)35-28-24(32)16-22(29-30(28)41-20-40-29)9-8-21-6-3-2-4-7-21/h2-4,6-7,16-19H,5,10-15,20H2,1H3,(H,33,34,35). The minimum atomic E-state index is 0.0644. The molecule has 0 spiro atoms. The second kappa shape index (κ2) is 12.5. The Bertz CT molecular complexity index is 1600. The van der Waals surface area contributed by atoms with Gasteiger partial charge < -0.3 is 29.0 Å². The third-order valence-corrected chi connectivity index (χ3v) is 7.15. The molecular weight excluding hydrogens is 544 g/mol. The SMILES string of the molecule is COc1cc2c(Nc3c(Cl)cc(C#Cc4ccccc4)c4c3OCO4)ncnc2cc1OCCCN1CCOCC1. The van der Waals surface area contributed by atoms with E-state index in [1.54, 1.807) is 13.2 Å². The third-order valence-electron chi connectivity index (χ3n) is 6.85. The Morgan fingerprint density at radius 2 is 1.83 bits per heavy atom. The van der Waals surface area contributed by atoms with Crippen molar-refractivity contribution < 1.29 is 23.7 Å². The molecule has 1 N–H and O–H groups in total. The van der Waals surface area contributed by atoms with Crippen LogP contribution in [0.25, 0.3) is 10.9 Å². The summed E-state index contributed by atoms with van der Waals surface area (Å²) in [5, 5.41) is 4.49. The van der Waals surface area contributed by atoms with Gasteiger partial charge in [-0.1, -0.05) is 41.6 Å². The molecule has 10 heteroatoms. The van der Waals surface area contributed by atoms with Gasteiger partial charge in [-0.05, 0) is 30.7 Å². The van der Waals surface area contributed by atoms with E-state index in [4.69, 9.17) is 35.3 Å². The first kappa shape index (κ1) is 27.0. The van der Waals surface area contributed by atoms with Crippen molar-refractivity contribution in [3.8, 4) is 34.8 Å². The lowest BCUT2D eigenvalue weighted by atomic mass is 10.1. The van der Waals surface area contributed by atoms with Crippen LogP contribution in [0.15, 0.2) is 54.9 Å². The van der Waals surface area contributed by atoms with Crippen LogP contribution in [0.5, 0.6) is 23.0 Å². The summed E-state index contributed by atoms with van der Waals surface area (Å²) >= 11 is 6.74. The van der Waals surface area contributed by atoms with Crippen LogP contribution in [-0.2, 0) is 4.74 Å². The molecule has 0 bridgehead atoms. The van der Waals surface area contributed by atoms with E-state index in [0.717, 1.165) is 50.2 Å². The zero-order chi connectivity index (χ0) is 28.0. The van der Waals surface area contributed by atoms with Gasteiger partial charge in [0.2, 0.25) is 6.79 Å². The molecule has 0 atom stereocenters. The zero-order valence-corrected chi connectivity index (χ0v) is 23.4. The highest BCUT2D eigenvalue weighted by Crippen LogP contribution is 2.47. The van der Waals surface area contributed by atoms with Gasteiger partial charge in [0, 0.05) is 36.7 Å². The lowest BCUT2D eigenvalue weighted by Crippen LogP contribution is -2.37. The summed E-state index contributed by atoms with van der Waals surface area (Å²) in [6.45, 7) is 5.08. The van der Waals surface area contributed by atoms with Crippen LogP contribution in [0.1, 0.15) is 17.5 Å². The number of halogens is 1. The Balaban J connectivity index is 1.24. The van der Waals surface area contributed by atoms with Crippen molar-refractivity contribution in [3.63, 3.8) is 0 Å². The van der Waals surface area contributed by atoms with E-state index < -0.39 is 0 Å². The van der Waals surface area contributed by atoms with Crippen molar-refractivity contribution >= 4 is 34.0 Å². The van der Waals surface area contributed by atoms with Crippen LogP contribution >= 0.6 is 11.6 Å². The average Bonchev–Trinajstić information content (AvgIpc) is 3.51. The van der Waals surface area contributed by atoms with Crippen molar-refractivity contribution in [1.82, 2.24) is 14.9 Å². The van der Waals surface area contributed by atoms with Crippen molar-refractivity contribution in [1.29, 1.82) is 0 Å². The number of methoxy groups -OCH3 is 1. The fraction of sp³-hybridized carbons (Fsp3) is 0.290. The third kappa shape index (κ3) is 6.10. The first-order valence-corrected chi connectivity index (χ1v) is 13.8. The van der Waals surface area contributed by atoms with Crippen LogP contribution in [0, 0.1) is 11.8 Å². The number of benzene rings is 3. The quantitative estimate of drug-likeness (QED) is 0.224. The molecule has 9 nitrogen and oxygen atoms in total. The fourth-order valence-electron chi connectivity index (χ4n) is 4.76. The molecule has 0 aliphatic carbocycles. The topological polar surface area (TPSA) is 87.2 Å². The van der Waals surface area contributed by atoms with Gasteiger partial charge in [0.15, 0.2) is 23.0 Å². The summed E-state index contributed by atoms with van der Waals surface area (Å²) in [4.78, 5) is 11.3. The maximum absolute atomic E-state index is 6.74. The molecule has 1 aromatic heterocycles. The predicted molar refractivity (Wildman–Crippen MR) is 157 cm³/mol. The lowest BCUT2D eigenvalue weighted by molar-refractivity contribution is 0.0357. The molecule has 3 aromatic carbocycles. The van der Waals surface area contributed by atoms with Gasteiger partial charge in [-0.3, -0.25) is 4.90 Å². The van der Waals surface area contributed by atoms with Crippen LogP contribution in [-0.4, -0.2) is 68.2 Å². The van der Waals surface area contributed by atoms with E-state index >= 15 is 0 Å². The fourth-order valence-corrected chi connectivity index (χ4v) is 5.00. The van der Waals surface area contributed by atoms with Gasteiger partial charge in [-0.15, -0.1) is 0 Å². The summed E-state index contributed by atoms with van der Waals surface area (Å²) in [6, 6.07) is 15.2. The zero-order valence-electron chi connectivity index (χ0n) is 22.6. The Morgan fingerprint density at radius 1 is 1.00 bits per heavy atom. The Kier molecular flexibility index (Phi) is 8.23. The number of fused-ring (bicyclic) bond motifs is 2. The minimum Gasteiger partial charge on any atom is -0.493 e. The van der Waals surface area contributed by atoms with Gasteiger partial charge in [0.25, 0.3) is 0 Å². The second-order valence-corrected chi connectivity index (χ2v) is 9.89. The molecule has 2 aliphatic heterocycles. The van der Waals surface area contributed by atoms with E-state index in [1.807, 2.05) is 42.5 Å². The van der Waals surface area contributed by atoms with Crippen molar-refractivity contribution in [2.24, 2.45) is 0 Å². The molecule has 2 aliphatic rings. The van der Waals surface area contributed by atoms with Gasteiger partial charge >= 0.3 is 0 Å². The smallest absolute Gasteiger partial charge is 0.231 e. The first-order valence-electron chi connectivity index (χ1n) is 13.4. The molecule has 1 saturated heterocycles. The van der Waals surface area contributed by atoms with Crippen molar-refractivity contribution in [3.05, 3.63) is 71.0 Å². The number of aromatic nitrogens is 2. The molecule has 4 aromatic rings. The summed E-state index contributed by atoms with van der Waals surface area (Å²) < 4.78 is 28.8. The van der Waals surface area contributed by atoms with E-state index in [2.05, 4.69) is 32.0 Å². The average molecular weight is 573 g/mol. The van der Waals surface area contributed by atoms with Gasteiger partial charge in [-0.25, -0.2) is 9.97 Å². The number of anilines is 2. The highest BCUT2D eigenvalue weighted by atomic mass is 35.5. The number of nitrogens with one attached hydrogen (secondary N) is 1. The van der Waals surface area contributed by atoms with E-state index in [-0.39, 0.29) is 6.79 Å². The summed E-state index contributed by atoms with van der Waals surface area (Å²) in [6.07, 6.45) is 2.39. The van der Waals surface area contributed by atoms with Gasteiger partial charge in [0.05, 0.1) is 43.0 Å². The molecule has 0 amide bonds. The molecule has 6 rings (SSSR count). The molecule has 1 fully saturated rings. The molecule has 0 unspecified atom stereocenters. The van der Waals surface area contributed by atoms with Crippen LogP contribution < -0.4 is 24.3 Å². The first-order chi connectivity index (χ1) is 20.2. The minimum absolute atomic E-state index is 0.0644. The summed E-state index contributed by atoms with van der Waals surface area (Å²) in [7, 11) is 1.61. The molecule has 41 heavy (non-hydrogen) atoms. The van der Waals surface area contributed by atoms with E-state index in [0.29, 0.717) is 57.2 Å². The van der Waals surface area contributed by atoms with Crippen LogP contribution in [0.4, 0.5) is 11.5 Å². The highest BCUT2D eigenvalue weighted by molar-refractivity contribution is 6.34. The predicted octanol–water partition coefficient (Wildman–Crippen LogP) is 5.27. The van der Waals surface area contributed by atoms with Gasteiger partial charge in [0.1, 0.15) is 17.8 Å². The molecule has 0 saturated carbocycles. The molecular formula is C31H29ClN4O5. The number of hydrogen-bond acceptors (Lipinski definition) is 9. The Morgan fingerprint density at radius 3 is 2.66 bits per heavy atom. The van der Waals surface area contributed by atoms with E-state index in [9.17, 15) is 0 Å². The number of morpholine rings is 1. The number of rotatable bonds is 8. The lowest BCUT2D eigenvalue weighted by Gasteiger charge is -2.26. The molecule has 3 heterocycles. The van der Waals surface area contributed by atoms with Gasteiger partial charge in [-0.2, -0.15) is 0 Å². The largest absolute Gasteiger partial charge is 0.493 e. The van der Waals surface area contributed by atoms with Crippen molar-refractivity contribution in [2.75, 3.05) is 58.7 Å². The number of nitrogens with zero attached hydrogens (tertiary/aromatic N) is 3. The molecule has 0 radical (unpaired) electrons. The maximum Gasteiger partial charge on any atom is 0.231 e. The van der Waals surface area contributed by atoms with Crippen LogP contribution in [0.3, 0.4) is 0 Å². The highest BCUT2D eigenvalue weighted by Gasteiger charge is 2.25. The summed E-state index contributed by atoms with van der Waals surface area (Å²) in [5.74, 6) is 9.06. The molecule has 210 valence electrons. The Hall–Kier alpha value is -4.23. The Labute approximate surface area is 243 Å². The monoisotopic (exact) mass is 572 g/mol. The number of ether oxygens (including phenoxy) is 5. The van der Waals surface area contributed by atoms with Crippen molar-refractivity contribution in [2.45, 2.75) is 6.42 Å².